The first-order chi connectivity index (χ1) is 6.52. The van der Waals surface area contributed by atoms with Gasteiger partial charge in [0.25, 0.3) is 0 Å². The summed E-state index contributed by atoms with van der Waals surface area (Å²) in [5, 5.41) is 2.87. The minimum atomic E-state index is -0.410. The lowest BCUT2D eigenvalue weighted by molar-refractivity contribution is -0.146. The lowest BCUT2D eigenvalue weighted by Crippen LogP contribution is -2.39. The molecule has 0 aliphatic heterocycles. The zero-order valence-electron chi connectivity index (χ0n) is 8.99. The van der Waals surface area contributed by atoms with Crippen LogP contribution >= 0.6 is 0 Å². The van der Waals surface area contributed by atoms with Crippen LogP contribution in [0.15, 0.2) is 0 Å². The monoisotopic (exact) mass is 203 g/mol. The Bertz CT molecular complexity index is 183. The van der Waals surface area contributed by atoms with Crippen molar-refractivity contribution in [2.24, 2.45) is 5.92 Å². The Balaban J connectivity index is 3.82. The molecule has 1 N–H and O–H groups in total. The standard InChI is InChI=1S/C9H17NO4/c1-6(8(11)13-3)5-10-7(2)9(12)14-4/h6-7,10H,5H2,1-4H3. The van der Waals surface area contributed by atoms with Crippen molar-refractivity contribution in [2.45, 2.75) is 19.9 Å². The van der Waals surface area contributed by atoms with Gasteiger partial charge in [-0.15, -0.1) is 0 Å². The van der Waals surface area contributed by atoms with Gasteiger partial charge < -0.3 is 14.8 Å². The Hall–Kier alpha value is -1.10. The third kappa shape index (κ3) is 4.23. The summed E-state index contributed by atoms with van der Waals surface area (Å²) in [6.07, 6.45) is 0. The van der Waals surface area contributed by atoms with E-state index in [0.29, 0.717) is 6.54 Å². The fourth-order valence-corrected chi connectivity index (χ4v) is 0.898. The highest BCUT2D eigenvalue weighted by Gasteiger charge is 2.17. The van der Waals surface area contributed by atoms with Crippen molar-refractivity contribution in [3.05, 3.63) is 0 Å². The summed E-state index contributed by atoms with van der Waals surface area (Å²) in [5.41, 5.74) is 0. The second-order valence-corrected chi connectivity index (χ2v) is 3.08. The van der Waals surface area contributed by atoms with E-state index >= 15 is 0 Å². The van der Waals surface area contributed by atoms with Crippen molar-refractivity contribution >= 4 is 11.9 Å². The quantitative estimate of drug-likeness (QED) is 0.634. The van der Waals surface area contributed by atoms with Gasteiger partial charge in [-0.1, -0.05) is 6.92 Å². The van der Waals surface area contributed by atoms with E-state index in [4.69, 9.17) is 0 Å². The molecule has 0 aliphatic rings. The molecule has 5 heteroatoms. The molecule has 0 aromatic heterocycles. The molecule has 82 valence electrons. The van der Waals surface area contributed by atoms with Gasteiger partial charge in [0.05, 0.1) is 20.1 Å². The molecular weight excluding hydrogens is 186 g/mol. The van der Waals surface area contributed by atoms with Crippen molar-refractivity contribution in [1.82, 2.24) is 5.32 Å². The van der Waals surface area contributed by atoms with Gasteiger partial charge in [-0.05, 0) is 6.92 Å². The van der Waals surface area contributed by atoms with Crippen molar-refractivity contribution in [3.63, 3.8) is 0 Å². The summed E-state index contributed by atoms with van der Waals surface area (Å²) in [7, 11) is 2.66. The molecule has 0 aromatic carbocycles. The van der Waals surface area contributed by atoms with Crippen molar-refractivity contribution in [1.29, 1.82) is 0 Å². The number of rotatable bonds is 5. The van der Waals surface area contributed by atoms with Crippen LogP contribution in [0.4, 0.5) is 0 Å². The predicted molar refractivity (Wildman–Crippen MR) is 50.7 cm³/mol. The number of esters is 2. The lowest BCUT2D eigenvalue weighted by atomic mass is 10.2. The highest BCUT2D eigenvalue weighted by atomic mass is 16.5. The summed E-state index contributed by atoms with van der Waals surface area (Å²) in [5.74, 6) is -0.913. The van der Waals surface area contributed by atoms with Crippen LogP contribution in [0.2, 0.25) is 0 Å². The fraction of sp³-hybridized carbons (Fsp3) is 0.778. The highest BCUT2D eigenvalue weighted by molar-refractivity contribution is 5.75. The topological polar surface area (TPSA) is 64.6 Å². The number of hydrogen-bond donors (Lipinski definition) is 1. The molecule has 0 saturated carbocycles. The van der Waals surface area contributed by atoms with Gasteiger partial charge in [-0.3, -0.25) is 9.59 Å². The predicted octanol–water partition coefficient (Wildman–Crippen LogP) is -0.0534. The second kappa shape index (κ2) is 6.37. The minimum absolute atomic E-state index is 0.271. The van der Waals surface area contributed by atoms with Crippen LogP contribution in [-0.2, 0) is 19.1 Å². The molecule has 2 unspecified atom stereocenters. The van der Waals surface area contributed by atoms with Crippen LogP contribution in [0.5, 0.6) is 0 Å². The van der Waals surface area contributed by atoms with E-state index in [1.165, 1.54) is 14.2 Å². The van der Waals surface area contributed by atoms with Crippen molar-refractivity contribution in [2.75, 3.05) is 20.8 Å². The van der Waals surface area contributed by atoms with E-state index in [2.05, 4.69) is 14.8 Å². The Labute approximate surface area is 83.8 Å². The van der Waals surface area contributed by atoms with E-state index in [1.807, 2.05) is 0 Å². The molecule has 0 aromatic rings. The second-order valence-electron chi connectivity index (χ2n) is 3.08. The number of hydrogen-bond acceptors (Lipinski definition) is 5. The van der Waals surface area contributed by atoms with Gasteiger partial charge in [-0.25, -0.2) is 0 Å². The van der Waals surface area contributed by atoms with Crippen LogP contribution in [-0.4, -0.2) is 38.7 Å². The van der Waals surface area contributed by atoms with Gasteiger partial charge in [0.15, 0.2) is 0 Å². The molecule has 5 nitrogen and oxygen atoms in total. The molecule has 0 fully saturated rings. The first-order valence-electron chi connectivity index (χ1n) is 4.42. The first-order valence-corrected chi connectivity index (χ1v) is 4.42. The molecule has 0 saturated heterocycles. The largest absolute Gasteiger partial charge is 0.469 e. The fourth-order valence-electron chi connectivity index (χ4n) is 0.898. The van der Waals surface area contributed by atoms with Gasteiger partial charge in [0, 0.05) is 6.54 Å². The summed E-state index contributed by atoms with van der Waals surface area (Å²) in [4.78, 5) is 21.9. The molecule has 0 bridgehead atoms. The molecule has 14 heavy (non-hydrogen) atoms. The van der Waals surface area contributed by atoms with Crippen molar-refractivity contribution < 1.29 is 19.1 Å². The average molecular weight is 203 g/mol. The lowest BCUT2D eigenvalue weighted by Gasteiger charge is -2.14. The Morgan fingerprint density at radius 2 is 1.64 bits per heavy atom. The zero-order valence-corrected chi connectivity index (χ0v) is 8.99. The van der Waals surface area contributed by atoms with E-state index in [9.17, 15) is 9.59 Å². The van der Waals surface area contributed by atoms with Crippen LogP contribution in [0.3, 0.4) is 0 Å². The summed E-state index contributed by atoms with van der Waals surface area (Å²) >= 11 is 0. The number of carbonyl (C=O) groups excluding carboxylic acids is 2. The maximum atomic E-state index is 11.0. The summed E-state index contributed by atoms with van der Waals surface area (Å²) in [6, 6.07) is -0.410. The maximum absolute atomic E-state index is 11.0. The molecule has 0 radical (unpaired) electrons. The van der Waals surface area contributed by atoms with Gasteiger partial charge >= 0.3 is 11.9 Å². The molecule has 0 rings (SSSR count). The average Bonchev–Trinajstić information content (AvgIpc) is 2.22. The van der Waals surface area contributed by atoms with Crippen LogP contribution in [0, 0.1) is 5.92 Å². The molecule has 2 atom stereocenters. The molecule has 0 spiro atoms. The van der Waals surface area contributed by atoms with Crippen molar-refractivity contribution in [3.8, 4) is 0 Å². The highest BCUT2D eigenvalue weighted by Crippen LogP contribution is 1.96. The Morgan fingerprint density at radius 1 is 1.14 bits per heavy atom. The third-order valence-corrected chi connectivity index (χ3v) is 1.89. The Kier molecular flexibility index (Phi) is 5.87. The van der Waals surface area contributed by atoms with Gasteiger partial charge in [-0.2, -0.15) is 0 Å². The third-order valence-electron chi connectivity index (χ3n) is 1.89. The smallest absolute Gasteiger partial charge is 0.322 e. The van der Waals surface area contributed by atoms with E-state index in [0.717, 1.165) is 0 Å². The summed E-state index contributed by atoms with van der Waals surface area (Å²) < 4.78 is 9.05. The Morgan fingerprint density at radius 3 is 2.07 bits per heavy atom. The molecule has 0 aliphatic carbocycles. The summed E-state index contributed by atoms with van der Waals surface area (Å²) in [6.45, 7) is 3.79. The van der Waals surface area contributed by atoms with Crippen LogP contribution in [0.25, 0.3) is 0 Å². The first kappa shape index (κ1) is 12.9. The number of methoxy groups -OCH3 is 2. The normalized spacial score (nSPS) is 14.3. The van der Waals surface area contributed by atoms with Gasteiger partial charge in [0.2, 0.25) is 0 Å². The van der Waals surface area contributed by atoms with Crippen LogP contribution < -0.4 is 5.32 Å². The maximum Gasteiger partial charge on any atom is 0.322 e. The van der Waals surface area contributed by atoms with E-state index < -0.39 is 6.04 Å². The van der Waals surface area contributed by atoms with Gasteiger partial charge in [0.1, 0.15) is 6.04 Å². The number of nitrogens with one attached hydrogen (secondary N) is 1. The van der Waals surface area contributed by atoms with E-state index in [-0.39, 0.29) is 17.9 Å². The van der Waals surface area contributed by atoms with E-state index in [1.54, 1.807) is 13.8 Å². The number of carbonyl (C=O) groups is 2. The number of ether oxygens (including phenoxy) is 2. The molecule has 0 amide bonds. The minimum Gasteiger partial charge on any atom is -0.469 e. The zero-order chi connectivity index (χ0) is 11.1. The van der Waals surface area contributed by atoms with Crippen LogP contribution in [0.1, 0.15) is 13.8 Å². The molecule has 0 heterocycles. The SMILES string of the molecule is COC(=O)C(C)CNC(C)C(=O)OC. The molecular formula is C9H17NO4.